The highest BCUT2D eigenvalue weighted by Crippen LogP contribution is 2.30. The van der Waals surface area contributed by atoms with Gasteiger partial charge >= 0.3 is 0 Å². The summed E-state index contributed by atoms with van der Waals surface area (Å²) in [5, 5.41) is 0. The average molecular weight is 392 g/mol. The lowest BCUT2D eigenvalue weighted by Crippen LogP contribution is -2.19. The maximum atomic E-state index is 12.0. The highest BCUT2D eigenvalue weighted by atomic mass is 16.5. The normalized spacial score (nSPS) is 16.7. The van der Waals surface area contributed by atoms with Crippen molar-refractivity contribution in [2.45, 2.75) is 45.6 Å². The van der Waals surface area contributed by atoms with Crippen molar-refractivity contribution in [1.82, 2.24) is 14.5 Å². The second kappa shape index (κ2) is 8.27. The Morgan fingerprint density at radius 2 is 1.97 bits per heavy atom. The number of likely N-dealkylation sites (tertiary alicyclic amines) is 1. The van der Waals surface area contributed by atoms with Crippen LogP contribution in [0.15, 0.2) is 42.5 Å². The molecule has 0 saturated carbocycles. The molecule has 1 aliphatic heterocycles. The molecule has 29 heavy (non-hydrogen) atoms. The fourth-order valence-corrected chi connectivity index (χ4v) is 4.09. The summed E-state index contributed by atoms with van der Waals surface area (Å²) in [6.07, 6.45) is 2.53. The second-order valence-electron chi connectivity index (χ2n) is 8.11. The van der Waals surface area contributed by atoms with Gasteiger partial charge in [-0.1, -0.05) is 24.3 Å². The van der Waals surface area contributed by atoms with E-state index >= 15 is 0 Å². The van der Waals surface area contributed by atoms with Crippen molar-refractivity contribution in [3.63, 3.8) is 0 Å². The van der Waals surface area contributed by atoms with Crippen molar-refractivity contribution in [2.24, 2.45) is 0 Å². The first kappa shape index (κ1) is 19.5. The Kier molecular flexibility index (Phi) is 5.56. The molecule has 0 radical (unpaired) electrons. The first-order valence-corrected chi connectivity index (χ1v) is 10.4. The average Bonchev–Trinajstić information content (AvgIpc) is 3.24. The smallest absolute Gasteiger partial charge is 0.223 e. The molecular formula is C24H29N3O2. The quantitative estimate of drug-likeness (QED) is 0.559. The summed E-state index contributed by atoms with van der Waals surface area (Å²) in [6.45, 7) is 6.51. The zero-order valence-electron chi connectivity index (χ0n) is 17.5. The largest absolute Gasteiger partial charge is 0.493 e. The molecule has 0 spiro atoms. The van der Waals surface area contributed by atoms with Crippen molar-refractivity contribution in [2.75, 3.05) is 20.2 Å². The second-order valence-corrected chi connectivity index (χ2v) is 8.11. The maximum absolute atomic E-state index is 12.0. The minimum absolute atomic E-state index is 0.172. The third-order valence-electron chi connectivity index (χ3n) is 5.77. The van der Waals surface area contributed by atoms with Crippen LogP contribution in [0.1, 0.15) is 42.1 Å². The van der Waals surface area contributed by atoms with Crippen LogP contribution in [0.25, 0.3) is 11.0 Å². The highest BCUT2D eigenvalue weighted by Gasteiger charge is 2.31. The van der Waals surface area contributed by atoms with E-state index in [-0.39, 0.29) is 11.8 Å². The first-order chi connectivity index (χ1) is 14.0. The van der Waals surface area contributed by atoms with Gasteiger partial charge in [-0.05, 0) is 56.0 Å². The van der Waals surface area contributed by atoms with Gasteiger partial charge in [-0.25, -0.2) is 4.98 Å². The number of carbonyl (C=O) groups excluding carboxylic acids is 1. The number of hydrogen-bond acceptors (Lipinski definition) is 3. The van der Waals surface area contributed by atoms with E-state index in [1.165, 1.54) is 11.1 Å². The Balaban J connectivity index is 1.43. The SMILES string of the molecule is Cc1ccc(C)c(OCCCCn2c(C3CC(=O)N(C)C3)nc3ccccc32)c1. The molecule has 1 saturated heterocycles. The van der Waals surface area contributed by atoms with E-state index in [4.69, 9.17) is 9.72 Å². The molecule has 0 N–H and O–H groups in total. The van der Waals surface area contributed by atoms with Crippen molar-refractivity contribution in [3.8, 4) is 5.75 Å². The highest BCUT2D eigenvalue weighted by molar-refractivity contribution is 5.80. The van der Waals surface area contributed by atoms with E-state index < -0.39 is 0 Å². The molecule has 4 rings (SSSR count). The maximum Gasteiger partial charge on any atom is 0.223 e. The van der Waals surface area contributed by atoms with Gasteiger partial charge < -0.3 is 14.2 Å². The van der Waals surface area contributed by atoms with Crippen LogP contribution in [0.5, 0.6) is 5.75 Å². The summed E-state index contributed by atoms with van der Waals surface area (Å²) >= 11 is 0. The zero-order valence-corrected chi connectivity index (χ0v) is 17.5. The number of para-hydroxylation sites is 2. The Hall–Kier alpha value is -2.82. The van der Waals surface area contributed by atoms with E-state index in [0.29, 0.717) is 13.0 Å². The van der Waals surface area contributed by atoms with E-state index in [1.54, 1.807) is 0 Å². The number of aryl methyl sites for hydroxylation is 3. The lowest BCUT2D eigenvalue weighted by atomic mass is 10.1. The number of hydrogen-bond donors (Lipinski definition) is 0. The van der Waals surface area contributed by atoms with Gasteiger partial charge in [0.25, 0.3) is 0 Å². The van der Waals surface area contributed by atoms with Crippen LogP contribution in [0.3, 0.4) is 0 Å². The van der Waals surface area contributed by atoms with E-state index in [9.17, 15) is 4.79 Å². The summed E-state index contributed by atoms with van der Waals surface area (Å²) in [5.74, 6) is 2.40. The number of rotatable bonds is 7. The summed E-state index contributed by atoms with van der Waals surface area (Å²) < 4.78 is 8.32. The van der Waals surface area contributed by atoms with Crippen LogP contribution in [-0.2, 0) is 11.3 Å². The van der Waals surface area contributed by atoms with Gasteiger partial charge in [-0.2, -0.15) is 0 Å². The number of ether oxygens (including phenoxy) is 1. The first-order valence-electron chi connectivity index (χ1n) is 10.4. The molecule has 2 heterocycles. The zero-order chi connectivity index (χ0) is 20.4. The number of nitrogens with zero attached hydrogens (tertiary/aromatic N) is 3. The number of carbonyl (C=O) groups is 1. The molecule has 152 valence electrons. The molecule has 1 fully saturated rings. The molecule has 1 amide bonds. The molecule has 0 bridgehead atoms. The Morgan fingerprint density at radius 1 is 1.14 bits per heavy atom. The van der Waals surface area contributed by atoms with Crippen LogP contribution in [0.2, 0.25) is 0 Å². The molecule has 1 unspecified atom stereocenters. The van der Waals surface area contributed by atoms with Crippen molar-refractivity contribution in [3.05, 3.63) is 59.4 Å². The predicted octanol–water partition coefficient (Wildman–Crippen LogP) is 4.46. The van der Waals surface area contributed by atoms with Crippen LogP contribution in [-0.4, -0.2) is 40.6 Å². The number of unbranched alkanes of at least 4 members (excludes halogenated alkanes) is 1. The molecule has 3 aromatic rings. The summed E-state index contributed by atoms with van der Waals surface area (Å²) in [5.41, 5.74) is 4.56. The van der Waals surface area contributed by atoms with Gasteiger partial charge in [0.05, 0.1) is 17.6 Å². The van der Waals surface area contributed by atoms with Crippen molar-refractivity contribution >= 4 is 16.9 Å². The van der Waals surface area contributed by atoms with Gasteiger partial charge in [0, 0.05) is 32.5 Å². The van der Waals surface area contributed by atoms with E-state index in [1.807, 2.05) is 18.0 Å². The van der Waals surface area contributed by atoms with Gasteiger partial charge in [-0.3, -0.25) is 4.79 Å². The number of imidazole rings is 1. The van der Waals surface area contributed by atoms with Gasteiger partial charge in [-0.15, -0.1) is 0 Å². The van der Waals surface area contributed by atoms with E-state index in [0.717, 1.165) is 48.5 Å². The molecule has 5 nitrogen and oxygen atoms in total. The number of benzene rings is 2. The molecule has 2 aromatic carbocycles. The molecular weight excluding hydrogens is 362 g/mol. The lowest BCUT2D eigenvalue weighted by molar-refractivity contribution is -0.126. The molecule has 0 aliphatic carbocycles. The minimum Gasteiger partial charge on any atom is -0.493 e. The molecule has 1 aliphatic rings. The summed E-state index contributed by atoms with van der Waals surface area (Å²) in [6, 6.07) is 14.6. The van der Waals surface area contributed by atoms with Crippen molar-refractivity contribution in [1.29, 1.82) is 0 Å². The van der Waals surface area contributed by atoms with Crippen LogP contribution in [0, 0.1) is 13.8 Å². The molecule has 1 aromatic heterocycles. The fourth-order valence-electron chi connectivity index (χ4n) is 4.09. The minimum atomic E-state index is 0.172. The van der Waals surface area contributed by atoms with Crippen LogP contribution in [0.4, 0.5) is 0 Å². The third kappa shape index (κ3) is 4.14. The van der Waals surface area contributed by atoms with Gasteiger partial charge in [0.2, 0.25) is 5.91 Å². The van der Waals surface area contributed by atoms with Gasteiger partial charge in [0.1, 0.15) is 11.6 Å². The number of fused-ring (bicyclic) bond motifs is 1. The third-order valence-corrected chi connectivity index (χ3v) is 5.77. The lowest BCUT2D eigenvalue weighted by Gasteiger charge is -2.14. The summed E-state index contributed by atoms with van der Waals surface area (Å²) in [4.78, 5) is 18.7. The van der Waals surface area contributed by atoms with Crippen molar-refractivity contribution < 1.29 is 9.53 Å². The van der Waals surface area contributed by atoms with Crippen LogP contribution >= 0.6 is 0 Å². The topological polar surface area (TPSA) is 47.4 Å². The standard InChI is InChI=1S/C24H29N3O2/c1-17-10-11-18(2)22(14-17)29-13-7-6-12-27-21-9-5-4-8-20(21)25-24(27)19-15-23(28)26(3)16-19/h4-5,8-11,14,19H,6-7,12-13,15-16H2,1-3H3. The molecule has 1 atom stereocenters. The van der Waals surface area contributed by atoms with E-state index in [2.05, 4.69) is 54.8 Å². The number of amides is 1. The predicted molar refractivity (Wildman–Crippen MR) is 115 cm³/mol. The Bertz CT molecular complexity index is 1020. The monoisotopic (exact) mass is 391 g/mol. The van der Waals surface area contributed by atoms with Gasteiger partial charge in [0.15, 0.2) is 0 Å². The van der Waals surface area contributed by atoms with Crippen LogP contribution < -0.4 is 4.74 Å². The fraction of sp³-hybridized carbons (Fsp3) is 0.417. The Morgan fingerprint density at radius 3 is 2.76 bits per heavy atom. The molecule has 5 heteroatoms. The summed E-state index contributed by atoms with van der Waals surface area (Å²) in [7, 11) is 1.87. The number of likely N-dealkylation sites (N-methyl/N-ethyl adjacent to an activating group) is 1. The number of aromatic nitrogens is 2. The Labute approximate surface area is 172 Å².